The third-order valence-electron chi connectivity index (χ3n) is 6.94. The van der Waals surface area contributed by atoms with Crippen molar-refractivity contribution < 1.29 is 14.3 Å². The zero-order valence-corrected chi connectivity index (χ0v) is 22.9. The van der Waals surface area contributed by atoms with Gasteiger partial charge in [-0.1, -0.05) is 18.5 Å². The Morgan fingerprint density at radius 1 is 1.03 bits per heavy atom. The van der Waals surface area contributed by atoms with E-state index in [9.17, 15) is 9.59 Å². The minimum Gasteiger partial charge on any atom is -0.497 e. The Bertz CT molecular complexity index is 1090. The van der Waals surface area contributed by atoms with Gasteiger partial charge in [0.05, 0.1) is 19.2 Å². The van der Waals surface area contributed by atoms with Gasteiger partial charge in [-0.15, -0.1) is 0 Å². The summed E-state index contributed by atoms with van der Waals surface area (Å²) in [6.07, 6.45) is 0.856. The van der Waals surface area contributed by atoms with Crippen molar-refractivity contribution in [3.05, 3.63) is 53.6 Å². The first kappa shape index (κ1) is 27.3. The zero-order chi connectivity index (χ0) is 26.4. The zero-order valence-electron chi connectivity index (χ0n) is 21.4. The van der Waals surface area contributed by atoms with Gasteiger partial charge in [0.2, 0.25) is 5.91 Å². The highest BCUT2D eigenvalue weighted by molar-refractivity contribution is 7.80. The molecule has 37 heavy (non-hydrogen) atoms. The lowest BCUT2D eigenvalue weighted by atomic mass is 10.1. The number of hydrogen-bond donors (Lipinski definition) is 1. The smallest absolute Gasteiger partial charge is 0.256 e. The molecule has 198 valence electrons. The summed E-state index contributed by atoms with van der Waals surface area (Å²) in [6.45, 7) is 9.05. The molecule has 0 bridgehead atoms. The monoisotopic (exact) mass is 543 g/mol. The summed E-state index contributed by atoms with van der Waals surface area (Å²) < 4.78 is 5.18. The van der Waals surface area contributed by atoms with E-state index in [2.05, 4.69) is 22.0 Å². The number of nitrogens with one attached hydrogen (secondary N) is 1. The summed E-state index contributed by atoms with van der Waals surface area (Å²) in [4.78, 5) is 34.9. The second kappa shape index (κ2) is 12.7. The normalized spacial score (nSPS) is 18.9. The molecule has 4 rings (SSSR count). The van der Waals surface area contributed by atoms with Crippen LogP contribution >= 0.6 is 23.8 Å². The van der Waals surface area contributed by atoms with Gasteiger partial charge in [-0.2, -0.15) is 0 Å². The molecule has 2 saturated heterocycles. The molecule has 2 fully saturated rings. The van der Waals surface area contributed by atoms with Crippen molar-refractivity contribution in [1.82, 2.24) is 14.7 Å². The molecular weight excluding hydrogens is 510 g/mol. The Morgan fingerprint density at radius 2 is 1.68 bits per heavy atom. The second-order valence-electron chi connectivity index (χ2n) is 9.25. The molecule has 2 aliphatic heterocycles. The number of thiocarbonyl (C=S) groups is 1. The van der Waals surface area contributed by atoms with Gasteiger partial charge in [-0.25, -0.2) is 0 Å². The molecule has 1 N–H and O–H groups in total. The summed E-state index contributed by atoms with van der Waals surface area (Å²) in [5, 5.41) is 3.89. The fourth-order valence-corrected chi connectivity index (χ4v) is 5.31. The minimum absolute atomic E-state index is 0.00423. The van der Waals surface area contributed by atoms with Gasteiger partial charge in [0.15, 0.2) is 5.11 Å². The summed E-state index contributed by atoms with van der Waals surface area (Å²) in [5.41, 5.74) is 1.30. The Labute approximate surface area is 229 Å². The summed E-state index contributed by atoms with van der Waals surface area (Å²) >= 11 is 11.8. The molecule has 1 atom stereocenters. The van der Waals surface area contributed by atoms with E-state index in [1.807, 2.05) is 4.90 Å². The Hall–Kier alpha value is -2.72. The van der Waals surface area contributed by atoms with Crippen molar-refractivity contribution in [2.24, 2.45) is 0 Å². The largest absolute Gasteiger partial charge is 0.497 e. The predicted octanol–water partition coefficient (Wildman–Crippen LogP) is 3.71. The van der Waals surface area contributed by atoms with Gasteiger partial charge in [0.25, 0.3) is 5.91 Å². The fourth-order valence-electron chi connectivity index (χ4n) is 4.77. The number of hydrogen-bond acceptors (Lipinski definition) is 6. The van der Waals surface area contributed by atoms with Gasteiger partial charge in [-0.05, 0) is 80.3 Å². The number of carbonyl (C=O) groups is 2. The number of carbonyl (C=O) groups excluding carboxylic acids is 2. The van der Waals surface area contributed by atoms with Crippen LogP contribution in [-0.2, 0) is 9.59 Å². The lowest BCUT2D eigenvalue weighted by molar-refractivity contribution is -0.124. The number of likely N-dealkylation sites (N-methyl/N-ethyl adjacent to an activating group) is 1. The maximum Gasteiger partial charge on any atom is 0.256 e. The van der Waals surface area contributed by atoms with Crippen LogP contribution in [0.5, 0.6) is 5.75 Å². The first-order valence-corrected chi connectivity index (χ1v) is 13.5. The van der Waals surface area contributed by atoms with Crippen LogP contribution in [0.4, 0.5) is 11.4 Å². The molecule has 2 heterocycles. The first-order valence-electron chi connectivity index (χ1n) is 12.7. The molecule has 2 amide bonds. The van der Waals surface area contributed by atoms with E-state index in [-0.39, 0.29) is 18.2 Å². The van der Waals surface area contributed by atoms with Crippen LogP contribution in [0.1, 0.15) is 19.8 Å². The van der Waals surface area contributed by atoms with Gasteiger partial charge >= 0.3 is 0 Å². The molecule has 0 unspecified atom stereocenters. The van der Waals surface area contributed by atoms with Crippen molar-refractivity contribution in [2.45, 2.75) is 25.8 Å². The number of anilines is 2. The number of benzene rings is 2. The highest BCUT2D eigenvalue weighted by Gasteiger charge is 2.43. The molecular formula is C27H34ClN5O3S. The Kier molecular flexibility index (Phi) is 9.37. The van der Waals surface area contributed by atoms with E-state index in [0.29, 0.717) is 33.8 Å². The van der Waals surface area contributed by atoms with Crippen LogP contribution in [0.3, 0.4) is 0 Å². The highest BCUT2D eigenvalue weighted by Crippen LogP contribution is 2.29. The van der Waals surface area contributed by atoms with E-state index >= 15 is 0 Å². The molecule has 10 heteroatoms. The molecule has 2 aromatic rings. The van der Waals surface area contributed by atoms with E-state index in [1.165, 1.54) is 4.90 Å². The number of methoxy groups -OCH3 is 1. The first-order chi connectivity index (χ1) is 17.9. The molecule has 8 nitrogen and oxygen atoms in total. The summed E-state index contributed by atoms with van der Waals surface area (Å²) in [5.74, 6) is 0.258. The lowest BCUT2D eigenvalue weighted by Crippen LogP contribution is -2.47. The van der Waals surface area contributed by atoms with Crippen molar-refractivity contribution >= 4 is 52.1 Å². The minimum atomic E-state index is -0.668. The predicted molar refractivity (Wildman–Crippen MR) is 151 cm³/mol. The third kappa shape index (κ3) is 6.78. The summed E-state index contributed by atoms with van der Waals surface area (Å²) in [6, 6.07) is 13.4. The maximum absolute atomic E-state index is 13.6. The van der Waals surface area contributed by atoms with E-state index < -0.39 is 6.04 Å². The number of ether oxygens (including phenoxy) is 1. The van der Waals surface area contributed by atoms with Crippen molar-refractivity contribution in [3.63, 3.8) is 0 Å². The number of halogens is 1. The number of nitrogens with zero attached hydrogens (tertiary/aromatic N) is 4. The van der Waals surface area contributed by atoms with Gasteiger partial charge in [0.1, 0.15) is 11.8 Å². The molecule has 0 saturated carbocycles. The summed E-state index contributed by atoms with van der Waals surface area (Å²) in [7, 11) is 1.59. The van der Waals surface area contributed by atoms with Gasteiger partial charge in [0, 0.05) is 43.4 Å². The third-order valence-corrected chi connectivity index (χ3v) is 7.61. The van der Waals surface area contributed by atoms with E-state index in [0.717, 1.165) is 45.7 Å². The average molecular weight is 544 g/mol. The van der Waals surface area contributed by atoms with Crippen LogP contribution in [-0.4, -0.2) is 90.6 Å². The van der Waals surface area contributed by atoms with E-state index in [4.69, 9.17) is 28.6 Å². The standard InChI is InChI=1S/C27H34ClN5O3S/c1-3-30-15-17-31(18-16-30)13-4-14-32-24(19-25(34)29-21-7-11-23(36-2)12-8-21)26(35)33(27(32)37)22-9-5-20(28)6-10-22/h5-12,24H,3-4,13-19H2,1-2H3,(H,29,34)/t24-/m0/s1. The Balaban J connectivity index is 1.44. The van der Waals surface area contributed by atoms with Crippen LogP contribution in [0.15, 0.2) is 48.5 Å². The molecule has 0 spiro atoms. The van der Waals surface area contributed by atoms with Crippen LogP contribution in [0, 0.1) is 0 Å². The molecule has 0 radical (unpaired) electrons. The molecule has 2 aliphatic rings. The number of amides is 2. The van der Waals surface area contributed by atoms with Crippen molar-refractivity contribution in [1.29, 1.82) is 0 Å². The molecule has 0 aliphatic carbocycles. The van der Waals surface area contributed by atoms with E-state index in [1.54, 1.807) is 55.6 Å². The highest BCUT2D eigenvalue weighted by atomic mass is 35.5. The SMILES string of the molecule is CCN1CCN(CCCN2C(=S)N(c3ccc(Cl)cc3)C(=O)[C@@H]2CC(=O)Nc2ccc(OC)cc2)CC1. The second-order valence-corrected chi connectivity index (χ2v) is 10.1. The topological polar surface area (TPSA) is 68.4 Å². The van der Waals surface area contributed by atoms with Crippen LogP contribution in [0.2, 0.25) is 5.02 Å². The van der Waals surface area contributed by atoms with Crippen LogP contribution in [0.25, 0.3) is 0 Å². The molecule has 2 aromatic carbocycles. The van der Waals surface area contributed by atoms with Gasteiger partial charge < -0.3 is 24.8 Å². The molecule has 0 aromatic heterocycles. The Morgan fingerprint density at radius 3 is 2.30 bits per heavy atom. The lowest BCUT2D eigenvalue weighted by Gasteiger charge is -2.34. The quantitative estimate of drug-likeness (QED) is 0.458. The van der Waals surface area contributed by atoms with Crippen molar-refractivity contribution in [2.75, 3.05) is 63.1 Å². The number of rotatable bonds is 10. The van der Waals surface area contributed by atoms with Crippen LogP contribution < -0.4 is 15.0 Å². The average Bonchev–Trinajstić information content (AvgIpc) is 3.14. The maximum atomic E-state index is 13.6. The fraction of sp³-hybridized carbons (Fsp3) is 0.444. The van der Waals surface area contributed by atoms with Gasteiger partial charge in [-0.3, -0.25) is 14.5 Å². The van der Waals surface area contributed by atoms with Crippen molar-refractivity contribution in [3.8, 4) is 5.75 Å². The number of piperazine rings is 1.